The highest BCUT2D eigenvalue weighted by atomic mass is 16.5. The van der Waals surface area contributed by atoms with Crippen LogP contribution >= 0.6 is 0 Å². The molecule has 244 valence electrons. The normalized spacial score (nSPS) is 17.6. The number of rotatable bonds is 15. The molecular weight excluding hydrogens is 580 g/mol. The average molecular weight is 627 g/mol. The van der Waals surface area contributed by atoms with Gasteiger partial charge in [0.05, 0.1) is 24.3 Å². The molecule has 3 aromatic carbocycles. The van der Waals surface area contributed by atoms with Crippen molar-refractivity contribution in [3.63, 3.8) is 0 Å². The number of hydrogen-bond acceptors (Lipinski definition) is 7. The molecule has 0 radical (unpaired) electrons. The number of carbonyl (C=O) groups excluding carboxylic acids is 3. The first kappa shape index (κ1) is 34.5. The molecule has 0 saturated heterocycles. The Morgan fingerprint density at radius 1 is 0.761 bits per heavy atom. The Balaban J connectivity index is 1.21. The summed E-state index contributed by atoms with van der Waals surface area (Å²) in [4.78, 5) is 36.7. The van der Waals surface area contributed by atoms with Gasteiger partial charge in [-0.15, -0.1) is 0 Å². The molecule has 3 atom stereocenters. The second-order valence-corrected chi connectivity index (χ2v) is 12.4. The molecule has 0 heterocycles. The van der Waals surface area contributed by atoms with Crippen molar-refractivity contribution in [3.05, 3.63) is 96.6 Å². The molecule has 1 fully saturated rings. The first-order valence-corrected chi connectivity index (χ1v) is 16.4. The third-order valence-electron chi connectivity index (χ3n) is 8.55. The van der Waals surface area contributed by atoms with Gasteiger partial charge in [-0.25, -0.2) is 14.4 Å². The lowest BCUT2D eigenvalue weighted by Crippen LogP contribution is -2.35. The highest BCUT2D eigenvalue weighted by Crippen LogP contribution is 2.36. The van der Waals surface area contributed by atoms with Gasteiger partial charge in [0, 0.05) is 6.08 Å². The first-order chi connectivity index (χ1) is 22.2. The summed E-state index contributed by atoms with van der Waals surface area (Å²) in [7, 11) is 0. The molecule has 7 heteroatoms. The fourth-order valence-corrected chi connectivity index (χ4v) is 5.80. The van der Waals surface area contributed by atoms with E-state index in [1.54, 1.807) is 36.4 Å². The molecule has 1 aliphatic rings. The van der Waals surface area contributed by atoms with E-state index in [0.29, 0.717) is 47.8 Å². The van der Waals surface area contributed by atoms with Crippen LogP contribution in [-0.4, -0.2) is 37.2 Å². The maximum absolute atomic E-state index is 12.9. The number of hydrogen-bond donors (Lipinski definition) is 0. The zero-order valence-electron chi connectivity index (χ0n) is 27.2. The lowest BCUT2D eigenvalue weighted by atomic mass is 9.75. The van der Waals surface area contributed by atoms with Crippen molar-refractivity contribution < 1.29 is 33.3 Å². The number of carbonyl (C=O) groups is 3. The number of unbranched alkanes of at least 4 members (excludes halogenated alkanes) is 3. The van der Waals surface area contributed by atoms with Crippen LogP contribution in [0.2, 0.25) is 0 Å². The summed E-state index contributed by atoms with van der Waals surface area (Å²) in [6.07, 6.45) is 7.96. The minimum Gasteiger partial charge on any atom is -0.494 e. The molecule has 3 aromatic rings. The highest BCUT2D eigenvalue weighted by molar-refractivity contribution is 5.92. The summed E-state index contributed by atoms with van der Waals surface area (Å²) >= 11 is 0. The van der Waals surface area contributed by atoms with Crippen molar-refractivity contribution in [3.8, 4) is 22.6 Å². The third kappa shape index (κ3) is 10.3. The van der Waals surface area contributed by atoms with Crippen molar-refractivity contribution in [1.82, 2.24) is 0 Å². The van der Waals surface area contributed by atoms with E-state index < -0.39 is 5.97 Å². The molecule has 4 rings (SSSR count). The molecule has 0 N–H and O–H groups in total. The lowest BCUT2D eigenvalue weighted by molar-refractivity contribution is -0.137. The molecule has 0 amide bonds. The van der Waals surface area contributed by atoms with Crippen LogP contribution in [0.15, 0.2) is 85.5 Å². The van der Waals surface area contributed by atoms with Gasteiger partial charge in [0.1, 0.15) is 17.6 Å². The molecule has 1 aliphatic carbocycles. The van der Waals surface area contributed by atoms with E-state index in [9.17, 15) is 14.4 Å². The summed E-state index contributed by atoms with van der Waals surface area (Å²) in [5.74, 6) is 1.35. The first-order valence-electron chi connectivity index (χ1n) is 16.4. The SMILES string of the molecule is C=CC(=O)OCCCCCCOc1ccc(-c2ccc(C(=O)Oc3ccc(C(=O)OC4CC(C)CCC4C(C)C)cc3)cc2)cc1. The summed E-state index contributed by atoms with van der Waals surface area (Å²) in [6.45, 7) is 11.0. The Morgan fingerprint density at radius 3 is 1.96 bits per heavy atom. The summed E-state index contributed by atoms with van der Waals surface area (Å²) in [6, 6.07) is 21.6. The Hall–Kier alpha value is -4.39. The summed E-state index contributed by atoms with van der Waals surface area (Å²) in [5, 5.41) is 0. The van der Waals surface area contributed by atoms with Crippen molar-refractivity contribution in [1.29, 1.82) is 0 Å². The van der Waals surface area contributed by atoms with Gasteiger partial charge in [-0.05, 0) is 116 Å². The quantitative estimate of drug-likeness (QED) is 0.0721. The van der Waals surface area contributed by atoms with Crippen LogP contribution in [0, 0.1) is 17.8 Å². The van der Waals surface area contributed by atoms with Crippen LogP contribution in [0.1, 0.15) is 86.4 Å². The summed E-state index contributed by atoms with van der Waals surface area (Å²) in [5.41, 5.74) is 2.85. The third-order valence-corrected chi connectivity index (χ3v) is 8.55. The second kappa shape index (κ2) is 17.3. The van der Waals surface area contributed by atoms with Gasteiger partial charge >= 0.3 is 17.9 Å². The molecule has 7 nitrogen and oxygen atoms in total. The van der Waals surface area contributed by atoms with Gasteiger partial charge in [-0.1, -0.05) is 58.0 Å². The average Bonchev–Trinajstić information content (AvgIpc) is 3.06. The van der Waals surface area contributed by atoms with Gasteiger partial charge < -0.3 is 18.9 Å². The van der Waals surface area contributed by atoms with Crippen LogP contribution < -0.4 is 9.47 Å². The lowest BCUT2D eigenvalue weighted by Gasteiger charge is -2.36. The maximum Gasteiger partial charge on any atom is 0.343 e. The van der Waals surface area contributed by atoms with Crippen LogP contribution in [0.3, 0.4) is 0 Å². The molecule has 3 unspecified atom stereocenters. The van der Waals surface area contributed by atoms with Gasteiger partial charge in [0.15, 0.2) is 0 Å². The molecule has 0 spiro atoms. The van der Waals surface area contributed by atoms with Gasteiger partial charge in [0.25, 0.3) is 0 Å². The van der Waals surface area contributed by atoms with E-state index in [1.165, 1.54) is 12.5 Å². The molecular formula is C39H46O7. The monoisotopic (exact) mass is 626 g/mol. The fourth-order valence-electron chi connectivity index (χ4n) is 5.80. The van der Waals surface area contributed by atoms with Crippen LogP contribution in [0.4, 0.5) is 0 Å². The van der Waals surface area contributed by atoms with E-state index in [1.807, 2.05) is 36.4 Å². The minimum absolute atomic E-state index is 0.0710. The number of ether oxygens (including phenoxy) is 4. The highest BCUT2D eigenvalue weighted by Gasteiger charge is 2.33. The van der Waals surface area contributed by atoms with Crippen molar-refractivity contribution >= 4 is 17.9 Å². The Labute approximate surface area is 272 Å². The number of benzene rings is 3. The molecule has 0 aliphatic heterocycles. The van der Waals surface area contributed by atoms with E-state index in [2.05, 4.69) is 27.4 Å². The fraction of sp³-hybridized carbons (Fsp3) is 0.410. The van der Waals surface area contributed by atoms with Gasteiger partial charge in [-0.3, -0.25) is 0 Å². The molecule has 1 saturated carbocycles. The van der Waals surface area contributed by atoms with Crippen LogP contribution in [-0.2, 0) is 14.3 Å². The van der Waals surface area contributed by atoms with Gasteiger partial charge in [0.2, 0.25) is 0 Å². The standard InChI is InChI=1S/C39H46O7/c1-5-37(40)44-25-9-7-6-8-24-43-33-19-15-30(16-20-33)29-11-13-31(14-12-29)38(41)45-34-21-17-32(18-22-34)39(42)46-36-26-28(4)10-23-35(36)27(2)3/h5,11-22,27-28,35-36H,1,6-10,23-26H2,2-4H3. The summed E-state index contributed by atoms with van der Waals surface area (Å²) < 4.78 is 22.3. The zero-order chi connectivity index (χ0) is 32.9. The topological polar surface area (TPSA) is 88.1 Å². The zero-order valence-corrected chi connectivity index (χ0v) is 27.2. The minimum atomic E-state index is -0.473. The molecule has 0 aromatic heterocycles. The van der Waals surface area contributed by atoms with E-state index in [4.69, 9.17) is 18.9 Å². The van der Waals surface area contributed by atoms with E-state index >= 15 is 0 Å². The number of esters is 3. The predicted octanol–water partition coefficient (Wildman–Crippen LogP) is 8.86. The van der Waals surface area contributed by atoms with Crippen LogP contribution in [0.25, 0.3) is 11.1 Å². The smallest absolute Gasteiger partial charge is 0.343 e. The Kier molecular flexibility index (Phi) is 13.0. The molecule has 0 bridgehead atoms. The Bertz CT molecular complexity index is 1420. The van der Waals surface area contributed by atoms with Crippen LogP contribution in [0.5, 0.6) is 11.5 Å². The van der Waals surface area contributed by atoms with E-state index in [0.717, 1.165) is 55.4 Å². The maximum atomic E-state index is 12.9. The van der Waals surface area contributed by atoms with Crippen molar-refractivity contribution in [2.75, 3.05) is 13.2 Å². The van der Waals surface area contributed by atoms with E-state index in [-0.39, 0.29) is 18.0 Å². The van der Waals surface area contributed by atoms with Crippen molar-refractivity contribution in [2.45, 2.75) is 71.8 Å². The second-order valence-electron chi connectivity index (χ2n) is 12.4. The Morgan fingerprint density at radius 2 is 1.33 bits per heavy atom. The van der Waals surface area contributed by atoms with Gasteiger partial charge in [-0.2, -0.15) is 0 Å². The van der Waals surface area contributed by atoms with Crippen molar-refractivity contribution in [2.24, 2.45) is 17.8 Å². The molecule has 46 heavy (non-hydrogen) atoms. The largest absolute Gasteiger partial charge is 0.494 e. The predicted molar refractivity (Wildman–Crippen MR) is 179 cm³/mol.